The molecule has 3 rings (SSSR count). The summed E-state index contributed by atoms with van der Waals surface area (Å²) in [6, 6.07) is 4.02. The Labute approximate surface area is 104 Å². The number of hydrogen-bond acceptors (Lipinski definition) is 4. The summed E-state index contributed by atoms with van der Waals surface area (Å²) >= 11 is 0. The molecule has 1 N–H and O–H groups in total. The van der Waals surface area contributed by atoms with Crippen LogP contribution in [0.15, 0.2) is 22.9 Å². The number of aryl methyl sites for hydroxylation is 2. The van der Waals surface area contributed by atoms with Crippen molar-refractivity contribution in [1.29, 1.82) is 0 Å². The van der Waals surface area contributed by atoms with Crippen LogP contribution in [0.5, 0.6) is 0 Å². The van der Waals surface area contributed by atoms with E-state index >= 15 is 0 Å². The highest BCUT2D eigenvalue weighted by atomic mass is 16.4. The van der Waals surface area contributed by atoms with Crippen molar-refractivity contribution < 1.29 is 4.42 Å². The van der Waals surface area contributed by atoms with Crippen molar-refractivity contribution in [1.82, 2.24) is 20.2 Å². The molecule has 18 heavy (non-hydrogen) atoms. The molecule has 92 valence electrons. The van der Waals surface area contributed by atoms with Crippen molar-refractivity contribution in [3.63, 3.8) is 0 Å². The molecule has 0 aliphatic carbocycles. The van der Waals surface area contributed by atoms with Crippen molar-refractivity contribution in [2.24, 2.45) is 0 Å². The lowest BCUT2D eigenvalue weighted by Crippen LogP contribution is -1.84. The fraction of sp³-hybridized carbons (Fsp3) is 0.308. The van der Waals surface area contributed by atoms with Crippen molar-refractivity contribution in [2.75, 3.05) is 0 Å². The Morgan fingerprint density at radius 1 is 1.33 bits per heavy atom. The van der Waals surface area contributed by atoms with Crippen LogP contribution in [0.3, 0.4) is 0 Å². The summed E-state index contributed by atoms with van der Waals surface area (Å²) in [7, 11) is 0. The first kappa shape index (κ1) is 11.0. The first-order valence-corrected chi connectivity index (χ1v) is 6.03. The van der Waals surface area contributed by atoms with E-state index in [4.69, 9.17) is 4.42 Å². The molecule has 3 aromatic rings. The van der Waals surface area contributed by atoms with Gasteiger partial charge in [-0.05, 0) is 31.0 Å². The number of imidazole rings is 1. The highest BCUT2D eigenvalue weighted by Crippen LogP contribution is 2.25. The summed E-state index contributed by atoms with van der Waals surface area (Å²) in [5, 5.41) is 7.63. The first-order valence-electron chi connectivity index (χ1n) is 6.03. The average Bonchev–Trinajstić information content (AvgIpc) is 2.97. The molecule has 0 spiro atoms. The Hall–Kier alpha value is -2.17. The molecule has 0 fully saturated rings. The van der Waals surface area contributed by atoms with Gasteiger partial charge in [0.05, 0.1) is 11.0 Å². The Morgan fingerprint density at radius 2 is 2.22 bits per heavy atom. The van der Waals surface area contributed by atoms with E-state index in [1.165, 1.54) is 6.39 Å². The fourth-order valence-electron chi connectivity index (χ4n) is 2.12. The van der Waals surface area contributed by atoms with Gasteiger partial charge in [-0.15, -0.1) is 10.2 Å². The van der Waals surface area contributed by atoms with Crippen LogP contribution in [0.2, 0.25) is 0 Å². The number of rotatable bonds is 3. The molecule has 0 unspecified atom stereocenters. The van der Waals surface area contributed by atoms with Crippen LogP contribution in [0.25, 0.3) is 22.5 Å². The number of benzene rings is 1. The smallest absolute Gasteiger partial charge is 0.247 e. The van der Waals surface area contributed by atoms with Gasteiger partial charge in [0.15, 0.2) is 0 Å². The van der Waals surface area contributed by atoms with Gasteiger partial charge in [0.2, 0.25) is 12.3 Å². The molecule has 2 heterocycles. The van der Waals surface area contributed by atoms with Gasteiger partial charge in [-0.25, -0.2) is 4.98 Å². The molecule has 0 saturated carbocycles. The predicted octanol–water partition coefficient (Wildman–Crippen LogP) is 2.87. The van der Waals surface area contributed by atoms with Crippen molar-refractivity contribution in [3.8, 4) is 11.5 Å². The molecule has 5 nitrogen and oxygen atoms in total. The van der Waals surface area contributed by atoms with Crippen LogP contribution >= 0.6 is 0 Å². The van der Waals surface area contributed by atoms with Crippen LogP contribution in [-0.2, 0) is 6.42 Å². The van der Waals surface area contributed by atoms with Crippen LogP contribution in [0.1, 0.15) is 24.7 Å². The number of nitrogens with one attached hydrogen (secondary N) is 1. The van der Waals surface area contributed by atoms with Gasteiger partial charge < -0.3 is 9.40 Å². The fourth-order valence-corrected chi connectivity index (χ4v) is 2.12. The zero-order chi connectivity index (χ0) is 12.5. The molecular weight excluding hydrogens is 228 g/mol. The van der Waals surface area contributed by atoms with E-state index < -0.39 is 0 Å². The summed E-state index contributed by atoms with van der Waals surface area (Å²) in [5.41, 5.74) is 4.07. The molecule has 2 aromatic heterocycles. The quantitative estimate of drug-likeness (QED) is 0.766. The largest absolute Gasteiger partial charge is 0.423 e. The summed E-state index contributed by atoms with van der Waals surface area (Å²) < 4.78 is 5.22. The predicted molar refractivity (Wildman–Crippen MR) is 68.1 cm³/mol. The molecule has 5 heteroatoms. The topological polar surface area (TPSA) is 67.6 Å². The van der Waals surface area contributed by atoms with Crippen LogP contribution in [0.4, 0.5) is 0 Å². The zero-order valence-electron chi connectivity index (χ0n) is 10.4. The normalized spacial score (nSPS) is 11.2. The summed E-state index contributed by atoms with van der Waals surface area (Å²) in [6.07, 6.45) is 3.38. The van der Waals surface area contributed by atoms with E-state index in [0.717, 1.165) is 40.8 Å². The third kappa shape index (κ3) is 1.77. The van der Waals surface area contributed by atoms with Crippen molar-refractivity contribution in [3.05, 3.63) is 29.9 Å². The third-order valence-electron chi connectivity index (χ3n) is 2.92. The van der Waals surface area contributed by atoms with Gasteiger partial charge in [-0.2, -0.15) is 0 Å². The van der Waals surface area contributed by atoms with Gasteiger partial charge >= 0.3 is 0 Å². The Morgan fingerprint density at radius 3 is 2.94 bits per heavy atom. The number of hydrogen-bond donors (Lipinski definition) is 1. The maximum atomic E-state index is 5.22. The van der Waals surface area contributed by atoms with Gasteiger partial charge in [0, 0.05) is 12.0 Å². The maximum Gasteiger partial charge on any atom is 0.247 e. The number of H-pyrrole nitrogens is 1. The van der Waals surface area contributed by atoms with Crippen LogP contribution in [0, 0.1) is 6.92 Å². The zero-order valence-corrected chi connectivity index (χ0v) is 10.4. The number of nitrogens with zero attached hydrogens (tertiary/aromatic N) is 3. The second-order valence-corrected chi connectivity index (χ2v) is 4.37. The van der Waals surface area contributed by atoms with E-state index in [-0.39, 0.29) is 0 Å². The Balaban J connectivity index is 2.14. The molecule has 0 atom stereocenters. The monoisotopic (exact) mass is 242 g/mol. The lowest BCUT2D eigenvalue weighted by molar-refractivity contribution is 0.568. The minimum atomic E-state index is 0.534. The van der Waals surface area contributed by atoms with E-state index in [1.54, 1.807) is 0 Å². The molecule has 0 aliphatic heterocycles. The van der Waals surface area contributed by atoms with Crippen molar-refractivity contribution >= 4 is 11.0 Å². The van der Waals surface area contributed by atoms with Gasteiger partial charge in [-0.1, -0.05) is 6.92 Å². The average molecular weight is 242 g/mol. The Bertz CT molecular complexity index is 670. The second kappa shape index (κ2) is 4.25. The number of fused-ring (bicyclic) bond motifs is 1. The summed E-state index contributed by atoms with van der Waals surface area (Å²) in [5.74, 6) is 1.56. The van der Waals surface area contributed by atoms with Crippen LogP contribution in [-0.4, -0.2) is 20.2 Å². The van der Waals surface area contributed by atoms with Gasteiger partial charge in [0.1, 0.15) is 5.82 Å². The van der Waals surface area contributed by atoms with E-state index in [9.17, 15) is 0 Å². The lowest BCUT2D eigenvalue weighted by atomic mass is 10.1. The van der Waals surface area contributed by atoms with E-state index in [1.807, 2.05) is 19.1 Å². The molecule has 0 saturated heterocycles. The third-order valence-corrected chi connectivity index (χ3v) is 2.92. The standard InChI is InChI=1S/C13H14N4O/c1-3-4-11-15-10-6-9(13-17-14-7-18-13)5-8(2)12(10)16-11/h5-7H,3-4H2,1-2H3,(H,15,16). The minimum Gasteiger partial charge on any atom is -0.423 e. The van der Waals surface area contributed by atoms with Gasteiger partial charge in [-0.3, -0.25) is 0 Å². The summed E-state index contributed by atoms with van der Waals surface area (Å²) in [6.45, 7) is 4.18. The van der Waals surface area contributed by atoms with Gasteiger partial charge in [0.25, 0.3) is 0 Å². The second-order valence-electron chi connectivity index (χ2n) is 4.37. The maximum absolute atomic E-state index is 5.22. The lowest BCUT2D eigenvalue weighted by Gasteiger charge is -1.98. The molecule has 1 aromatic carbocycles. The molecule has 0 aliphatic rings. The van der Waals surface area contributed by atoms with Crippen LogP contribution < -0.4 is 0 Å². The van der Waals surface area contributed by atoms with Crippen molar-refractivity contribution in [2.45, 2.75) is 26.7 Å². The number of aromatic nitrogens is 4. The molecular formula is C13H14N4O. The van der Waals surface area contributed by atoms with E-state index in [2.05, 4.69) is 27.1 Å². The molecule has 0 radical (unpaired) electrons. The van der Waals surface area contributed by atoms with E-state index in [0.29, 0.717) is 5.89 Å². The molecule has 0 amide bonds. The summed E-state index contributed by atoms with van der Waals surface area (Å²) in [4.78, 5) is 7.94. The molecule has 0 bridgehead atoms. The highest BCUT2D eigenvalue weighted by Gasteiger charge is 2.10. The SMILES string of the molecule is CCCc1nc2c(C)cc(-c3nnco3)cc2[nH]1. The number of aromatic amines is 1. The first-order chi connectivity index (χ1) is 8.78. The highest BCUT2D eigenvalue weighted by molar-refractivity contribution is 5.83. The minimum absolute atomic E-state index is 0.534. The Kier molecular flexibility index (Phi) is 2.59.